The minimum atomic E-state index is -1.31. The lowest BCUT2D eigenvalue weighted by molar-refractivity contribution is -0.139. The zero-order valence-corrected chi connectivity index (χ0v) is 27.6. The fraction of sp³-hybridized carbons (Fsp3) is 0.576. The molecule has 0 unspecified atom stereocenters. The van der Waals surface area contributed by atoms with Crippen molar-refractivity contribution in [2.75, 3.05) is 13.1 Å². The van der Waals surface area contributed by atoms with Crippen molar-refractivity contribution in [1.29, 1.82) is 0 Å². The summed E-state index contributed by atoms with van der Waals surface area (Å²) in [6, 6.07) is 7.99. The molecule has 1 atom stereocenters. The van der Waals surface area contributed by atoms with Gasteiger partial charge in [-0.05, 0) is 84.2 Å². The minimum Gasteiger partial charge on any atom is -0.490 e. The van der Waals surface area contributed by atoms with Gasteiger partial charge in [0.2, 0.25) is 5.91 Å². The number of hydrogen-bond donors (Lipinski definition) is 1. The summed E-state index contributed by atoms with van der Waals surface area (Å²) < 4.78 is 64.9. The maximum atomic E-state index is 14.4. The maximum Gasteiger partial charge on any atom is 0.407 e. The van der Waals surface area contributed by atoms with Gasteiger partial charge in [0, 0.05) is 44.5 Å². The second-order valence-electron chi connectivity index (χ2n) is 13.5. The van der Waals surface area contributed by atoms with Gasteiger partial charge in [0.15, 0.2) is 11.6 Å². The van der Waals surface area contributed by atoms with E-state index in [1.807, 2.05) is 52.0 Å². The number of benzene rings is 2. The summed E-state index contributed by atoms with van der Waals surface area (Å²) in [5.41, 5.74) is -0.916. The van der Waals surface area contributed by atoms with E-state index in [9.17, 15) is 22.8 Å². The summed E-state index contributed by atoms with van der Waals surface area (Å²) in [6.07, 6.45) is -0.0981. The molecule has 2 amide bonds. The third kappa shape index (κ3) is 10.7. The van der Waals surface area contributed by atoms with Gasteiger partial charge in [-0.3, -0.25) is 4.79 Å². The highest BCUT2D eigenvalue weighted by atomic mass is 19.2. The van der Waals surface area contributed by atoms with Crippen LogP contribution in [0.1, 0.15) is 78.9 Å². The second kappa shape index (κ2) is 14.9. The molecule has 0 aliphatic carbocycles. The number of carbonyl (C=O) groups is 2. The zero-order chi connectivity index (χ0) is 33.6. The van der Waals surface area contributed by atoms with Crippen molar-refractivity contribution in [3.8, 4) is 5.75 Å². The summed E-state index contributed by atoms with van der Waals surface area (Å²) in [4.78, 5) is 27.4. The Balaban J connectivity index is 1.55. The molecule has 1 aliphatic heterocycles. The number of likely N-dealkylation sites (tertiary alicyclic amines) is 1. The van der Waals surface area contributed by atoms with Crippen LogP contribution >= 0.6 is 0 Å². The average Bonchev–Trinajstić information content (AvgIpc) is 2.94. The monoisotopic (exact) mass is 634 g/mol. The van der Waals surface area contributed by atoms with Crippen LogP contribution in [0.4, 0.5) is 18.0 Å². The maximum absolute atomic E-state index is 14.4. The van der Waals surface area contributed by atoms with Crippen LogP contribution in [-0.4, -0.2) is 67.0 Å². The number of rotatable bonds is 12. The molecule has 3 rings (SSSR count). The molecule has 1 aliphatic rings. The normalized spacial score (nSPS) is 15.5. The molecule has 0 saturated carbocycles. The molecule has 1 N–H and O–H groups in total. The summed E-state index contributed by atoms with van der Waals surface area (Å²) in [5.74, 6) is -3.04. The van der Waals surface area contributed by atoms with Crippen molar-refractivity contribution in [3.05, 3.63) is 65.0 Å². The number of amides is 2. The Morgan fingerprint density at radius 2 is 1.53 bits per heavy atom. The fourth-order valence-electron chi connectivity index (χ4n) is 4.74. The number of hydrogen-bond acceptors (Lipinski definition) is 6. The first-order valence-electron chi connectivity index (χ1n) is 15.2. The summed E-state index contributed by atoms with van der Waals surface area (Å²) in [5, 5.41) is 2.60. The Labute approximate surface area is 265 Å². The van der Waals surface area contributed by atoms with Crippen LogP contribution in [0.25, 0.3) is 0 Å². The van der Waals surface area contributed by atoms with E-state index >= 15 is 0 Å². The molecule has 0 radical (unpaired) electrons. The molecule has 45 heavy (non-hydrogen) atoms. The van der Waals surface area contributed by atoms with Crippen molar-refractivity contribution >= 4 is 20.0 Å². The van der Waals surface area contributed by atoms with Gasteiger partial charge in [0.1, 0.15) is 23.3 Å². The first-order valence-corrected chi connectivity index (χ1v) is 15.2. The Morgan fingerprint density at radius 1 is 0.933 bits per heavy atom. The van der Waals surface area contributed by atoms with Gasteiger partial charge in [-0.15, -0.1) is 0 Å². The molecular formula is C33H46BF3N2O6. The van der Waals surface area contributed by atoms with Crippen LogP contribution < -0.4 is 10.1 Å². The molecule has 1 fully saturated rings. The summed E-state index contributed by atoms with van der Waals surface area (Å²) in [7, 11) is 1.67. The Hall–Kier alpha value is -3.25. The van der Waals surface area contributed by atoms with Crippen LogP contribution in [0.3, 0.4) is 0 Å². The van der Waals surface area contributed by atoms with Crippen LogP contribution in [0.2, 0.25) is 0 Å². The highest BCUT2D eigenvalue weighted by Crippen LogP contribution is 2.30. The molecule has 2 aromatic rings. The molecule has 8 nitrogen and oxygen atoms in total. The summed E-state index contributed by atoms with van der Waals surface area (Å²) >= 11 is 0. The molecular weight excluding hydrogens is 588 g/mol. The van der Waals surface area contributed by atoms with Crippen molar-refractivity contribution in [2.24, 2.45) is 0 Å². The van der Waals surface area contributed by atoms with E-state index in [0.29, 0.717) is 38.6 Å². The predicted molar refractivity (Wildman–Crippen MR) is 167 cm³/mol. The smallest absolute Gasteiger partial charge is 0.407 e. The highest BCUT2D eigenvalue weighted by Gasteiger charge is 2.37. The summed E-state index contributed by atoms with van der Waals surface area (Å²) in [6.45, 7) is 14.3. The number of carbonyl (C=O) groups excluding carboxylic acids is 2. The minimum absolute atomic E-state index is 0.0930. The van der Waals surface area contributed by atoms with Crippen LogP contribution in [0, 0.1) is 17.5 Å². The SMILES string of the molecule is BOC(C)(C)C(C)(C)OCc1ccc(OC2CCN(C(=O)C[C@@H](Cc3cc(F)c(F)cc3F)NC(=O)OC(C)(C)C)CC2)cc1. The van der Waals surface area contributed by atoms with Crippen LogP contribution in [0.15, 0.2) is 36.4 Å². The standard InChI is InChI=1S/C33H46BF3N2O6/c1-31(2,3)44-30(41)38-23(16-22-17-27(36)28(37)19-26(22)35)18-29(40)39-14-12-25(13-15-39)43-24-10-8-21(9-11-24)20-42-32(4,5)33(6,7)45-34/h8-11,17,19,23,25H,12-16,18,20,34H2,1-7H3,(H,38,41)/t23-/m1/s1. The van der Waals surface area contributed by atoms with Crippen LogP contribution in [-0.2, 0) is 32.0 Å². The van der Waals surface area contributed by atoms with Gasteiger partial charge in [0.05, 0.1) is 17.8 Å². The van der Waals surface area contributed by atoms with Crippen molar-refractivity contribution in [1.82, 2.24) is 10.2 Å². The zero-order valence-electron chi connectivity index (χ0n) is 27.6. The Bertz CT molecular complexity index is 1310. The molecule has 12 heteroatoms. The molecule has 248 valence electrons. The third-order valence-electron chi connectivity index (χ3n) is 8.28. The molecule has 0 bridgehead atoms. The number of alkyl carbamates (subject to hydrolysis) is 1. The van der Waals surface area contributed by atoms with E-state index in [0.717, 1.165) is 17.4 Å². The van der Waals surface area contributed by atoms with E-state index in [-0.39, 0.29) is 30.4 Å². The van der Waals surface area contributed by atoms with Gasteiger partial charge in [-0.2, -0.15) is 0 Å². The second-order valence-corrected chi connectivity index (χ2v) is 13.5. The molecule has 0 aromatic heterocycles. The van der Waals surface area contributed by atoms with Crippen molar-refractivity contribution in [2.45, 2.75) is 110 Å². The van der Waals surface area contributed by atoms with Crippen molar-refractivity contribution < 1.29 is 41.6 Å². The quantitative estimate of drug-likeness (QED) is 0.241. The highest BCUT2D eigenvalue weighted by molar-refractivity contribution is 5.98. The van der Waals surface area contributed by atoms with E-state index in [1.165, 1.54) is 0 Å². The number of nitrogens with zero attached hydrogens (tertiary/aromatic N) is 1. The van der Waals surface area contributed by atoms with Gasteiger partial charge < -0.3 is 29.1 Å². The van der Waals surface area contributed by atoms with E-state index < -0.39 is 46.4 Å². The van der Waals surface area contributed by atoms with E-state index in [1.54, 1.807) is 33.7 Å². The molecule has 1 heterocycles. The molecule has 1 saturated heterocycles. The topological polar surface area (TPSA) is 86.3 Å². The lowest BCUT2D eigenvalue weighted by atomic mass is 9.88. The van der Waals surface area contributed by atoms with E-state index in [4.69, 9.17) is 18.9 Å². The Kier molecular flexibility index (Phi) is 12.0. The fourth-order valence-corrected chi connectivity index (χ4v) is 4.74. The number of ether oxygens (including phenoxy) is 3. The average molecular weight is 635 g/mol. The lowest BCUT2D eigenvalue weighted by Gasteiger charge is -2.41. The van der Waals surface area contributed by atoms with E-state index in [2.05, 4.69) is 5.32 Å². The van der Waals surface area contributed by atoms with Crippen molar-refractivity contribution in [3.63, 3.8) is 0 Å². The first-order chi connectivity index (χ1) is 20.9. The number of nitrogens with one attached hydrogen (secondary N) is 1. The van der Waals surface area contributed by atoms with Crippen LogP contribution in [0.5, 0.6) is 5.75 Å². The third-order valence-corrected chi connectivity index (χ3v) is 8.28. The largest absolute Gasteiger partial charge is 0.490 e. The predicted octanol–water partition coefficient (Wildman–Crippen LogP) is 5.64. The molecule has 2 aromatic carbocycles. The number of piperidine rings is 1. The molecule has 0 spiro atoms. The van der Waals surface area contributed by atoms with Gasteiger partial charge in [-0.1, -0.05) is 12.1 Å². The number of halogens is 3. The lowest BCUT2D eigenvalue weighted by Crippen LogP contribution is -2.48. The van der Waals surface area contributed by atoms with Gasteiger partial charge in [-0.25, -0.2) is 18.0 Å². The Morgan fingerprint density at radius 3 is 2.11 bits per heavy atom. The van der Waals surface area contributed by atoms with Gasteiger partial charge >= 0.3 is 6.09 Å². The first kappa shape index (κ1) is 36.2. The van der Waals surface area contributed by atoms with Gasteiger partial charge in [0.25, 0.3) is 8.05 Å².